The van der Waals surface area contributed by atoms with Gasteiger partial charge in [-0.05, 0) is 38.8 Å². The lowest BCUT2D eigenvalue weighted by Crippen LogP contribution is -2.47. The second kappa shape index (κ2) is 5.27. The summed E-state index contributed by atoms with van der Waals surface area (Å²) in [4.78, 5) is 22.7. The van der Waals surface area contributed by atoms with E-state index < -0.39 is 0 Å². The summed E-state index contributed by atoms with van der Waals surface area (Å²) in [5, 5.41) is 3.87. The molecule has 1 fully saturated rings. The van der Waals surface area contributed by atoms with Crippen molar-refractivity contribution in [3.8, 4) is 0 Å². The molecule has 1 amide bonds. The van der Waals surface area contributed by atoms with E-state index in [-0.39, 0.29) is 11.3 Å². The zero-order valence-electron chi connectivity index (χ0n) is 12.2. The molecule has 0 aromatic carbocycles. The van der Waals surface area contributed by atoms with Crippen LogP contribution in [0.25, 0.3) is 0 Å². The molecule has 21 heavy (non-hydrogen) atoms. The second-order valence-electron chi connectivity index (χ2n) is 5.78. The molecular formula is C15H18N4O2. The van der Waals surface area contributed by atoms with Gasteiger partial charge in [-0.25, -0.2) is 0 Å². The van der Waals surface area contributed by atoms with Crippen LogP contribution in [0.5, 0.6) is 0 Å². The minimum absolute atomic E-state index is 0.00487. The van der Waals surface area contributed by atoms with Crippen LogP contribution >= 0.6 is 0 Å². The van der Waals surface area contributed by atoms with Crippen molar-refractivity contribution in [1.29, 1.82) is 0 Å². The van der Waals surface area contributed by atoms with Crippen molar-refractivity contribution >= 4 is 5.91 Å². The van der Waals surface area contributed by atoms with Crippen molar-refractivity contribution in [3.05, 3.63) is 41.8 Å². The Morgan fingerprint density at radius 1 is 1.48 bits per heavy atom. The molecule has 0 N–H and O–H groups in total. The Morgan fingerprint density at radius 3 is 3.00 bits per heavy atom. The van der Waals surface area contributed by atoms with Gasteiger partial charge < -0.3 is 9.42 Å². The highest BCUT2D eigenvalue weighted by molar-refractivity contribution is 5.94. The molecule has 110 valence electrons. The minimum Gasteiger partial charge on any atom is -0.339 e. The number of carbonyl (C=O) groups excluding carboxylic acids is 1. The normalized spacial score (nSPS) is 22.3. The van der Waals surface area contributed by atoms with Crippen LogP contribution in [0.1, 0.15) is 41.8 Å². The van der Waals surface area contributed by atoms with E-state index in [0.717, 1.165) is 19.4 Å². The zero-order valence-corrected chi connectivity index (χ0v) is 12.2. The smallest absolute Gasteiger partial charge is 0.255 e. The van der Waals surface area contributed by atoms with E-state index in [2.05, 4.69) is 22.0 Å². The minimum atomic E-state index is -0.280. The highest BCUT2D eigenvalue weighted by Crippen LogP contribution is 2.33. The predicted molar refractivity (Wildman–Crippen MR) is 75.8 cm³/mol. The SMILES string of the molecule is Cc1noc(C2(C)CCCN(C(=O)c3cccnc3)C2)n1. The molecule has 6 nitrogen and oxygen atoms in total. The number of aromatic nitrogens is 3. The highest BCUT2D eigenvalue weighted by atomic mass is 16.5. The van der Waals surface area contributed by atoms with E-state index in [1.165, 1.54) is 0 Å². The Morgan fingerprint density at radius 2 is 2.33 bits per heavy atom. The third-order valence-electron chi connectivity index (χ3n) is 3.94. The molecule has 3 heterocycles. The van der Waals surface area contributed by atoms with Crippen LogP contribution in [0, 0.1) is 6.92 Å². The van der Waals surface area contributed by atoms with E-state index in [1.807, 2.05) is 4.90 Å². The van der Waals surface area contributed by atoms with Gasteiger partial charge in [0.1, 0.15) is 0 Å². The van der Waals surface area contributed by atoms with Gasteiger partial charge in [0.15, 0.2) is 5.82 Å². The zero-order chi connectivity index (χ0) is 14.9. The number of likely N-dealkylation sites (tertiary alicyclic amines) is 1. The molecule has 1 unspecified atom stereocenters. The summed E-state index contributed by atoms with van der Waals surface area (Å²) in [5.41, 5.74) is 0.334. The average Bonchev–Trinajstić information content (AvgIpc) is 2.95. The van der Waals surface area contributed by atoms with Gasteiger partial charge in [-0.3, -0.25) is 9.78 Å². The number of carbonyl (C=O) groups is 1. The summed E-state index contributed by atoms with van der Waals surface area (Å²) in [5.74, 6) is 1.25. The average molecular weight is 286 g/mol. The molecule has 0 spiro atoms. The highest BCUT2D eigenvalue weighted by Gasteiger charge is 2.39. The third-order valence-corrected chi connectivity index (χ3v) is 3.94. The Hall–Kier alpha value is -2.24. The third kappa shape index (κ3) is 2.66. The van der Waals surface area contributed by atoms with Crippen LogP contribution in [0.4, 0.5) is 0 Å². The molecule has 0 radical (unpaired) electrons. The van der Waals surface area contributed by atoms with Crippen molar-refractivity contribution < 1.29 is 9.32 Å². The van der Waals surface area contributed by atoms with E-state index in [1.54, 1.807) is 31.5 Å². The van der Waals surface area contributed by atoms with E-state index in [0.29, 0.717) is 23.8 Å². The van der Waals surface area contributed by atoms with Crippen LogP contribution in [-0.2, 0) is 5.41 Å². The molecule has 1 atom stereocenters. The predicted octanol–water partition coefficient (Wildman–Crippen LogP) is 1.97. The van der Waals surface area contributed by atoms with Crippen LogP contribution in [0.3, 0.4) is 0 Å². The summed E-state index contributed by atoms with van der Waals surface area (Å²) in [7, 11) is 0. The first kappa shape index (κ1) is 13.7. The van der Waals surface area contributed by atoms with Gasteiger partial charge >= 0.3 is 0 Å². The molecule has 3 rings (SSSR count). The lowest BCUT2D eigenvalue weighted by atomic mass is 9.81. The van der Waals surface area contributed by atoms with Crippen LogP contribution < -0.4 is 0 Å². The van der Waals surface area contributed by atoms with Gasteiger partial charge in [0.2, 0.25) is 5.89 Å². The number of rotatable bonds is 2. The van der Waals surface area contributed by atoms with Crippen molar-refractivity contribution in [3.63, 3.8) is 0 Å². The van der Waals surface area contributed by atoms with Gasteiger partial charge in [0.25, 0.3) is 5.91 Å². The number of pyridine rings is 1. The quantitative estimate of drug-likeness (QED) is 0.844. The van der Waals surface area contributed by atoms with Crippen molar-refractivity contribution in [1.82, 2.24) is 20.0 Å². The van der Waals surface area contributed by atoms with Crippen molar-refractivity contribution in [2.75, 3.05) is 13.1 Å². The van der Waals surface area contributed by atoms with E-state index in [4.69, 9.17) is 4.52 Å². The maximum atomic E-state index is 12.5. The van der Waals surface area contributed by atoms with Crippen molar-refractivity contribution in [2.45, 2.75) is 32.1 Å². The lowest BCUT2D eigenvalue weighted by molar-refractivity contribution is 0.0619. The summed E-state index contributed by atoms with van der Waals surface area (Å²) in [6.45, 7) is 5.21. The monoisotopic (exact) mass is 286 g/mol. The second-order valence-corrected chi connectivity index (χ2v) is 5.78. The van der Waals surface area contributed by atoms with Gasteiger partial charge in [0, 0.05) is 25.5 Å². The molecule has 0 bridgehead atoms. The van der Waals surface area contributed by atoms with Gasteiger partial charge in [0.05, 0.1) is 11.0 Å². The fourth-order valence-corrected chi connectivity index (χ4v) is 2.80. The van der Waals surface area contributed by atoms with Crippen LogP contribution in [-0.4, -0.2) is 39.0 Å². The molecule has 6 heteroatoms. The number of hydrogen-bond donors (Lipinski definition) is 0. The van der Waals surface area contributed by atoms with E-state index >= 15 is 0 Å². The number of nitrogens with zero attached hydrogens (tertiary/aromatic N) is 4. The molecule has 1 aliphatic heterocycles. The topological polar surface area (TPSA) is 72.1 Å². The summed E-state index contributed by atoms with van der Waals surface area (Å²) >= 11 is 0. The lowest BCUT2D eigenvalue weighted by Gasteiger charge is -2.38. The Bertz CT molecular complexity index is 640. The first-order valence-corrected chi connectivity index (χ1v) is 7.09. The first-order chi connectivity index (χ1) is 10.1. The molecule has 1 saturated heterocycles. The Labute approximate surface area is 123 Å². The molecule has 1 aliphatic rings. The maximum Gasteiger partial charge on any atom is 0.255 e. The fraction of sp³-hybridized carbons (Fsp3) is 0.467. The summed E-state index contributed by atoms with van der Waals surface area (Å²) in [6.07, 6.45) is 5.12. The number of aryl methyl sites for hydroxylation is 1. The summed E-state index contributed by atoms with van der Waals surface area (Å²) in [6, 6.07) is 3.57. The van der Waals surface area contributed by atoms with Gasteiger partial charge in [-0.15, -0.1) is 0 Å². The number of piperidine rings is 1. The molecular weight excluding hydrogens is 268 g/mol. The Kier molecular flexibility index (Phi) is 3.45. The van der Waals surface area contributed by atoms with Crippen LogP contribution in [0.15, 0.2) is 29.0 Å². The maximum absolute atomic E-state index is 12.5. The molecule has 2 aromatic rings. The fourth-order valence-electron chi connectivity index (χ4n) is 2.80. The number of hydrogen-bond acceptors (Lipinski definition) is 5. The molecule has 0 saturated carbocycles. The summed E-state index contributed by atoms with van der Waals surface area (Å²) < 4.78 is 5.33. The van der Waals surface area contributed by atoms with Crippen LogP contribution in [0.2, 0.25) is 0 Å². The largest absolute Gasteiger partial charge is 0.339 e. The molecule has 2 aromatic heterocycles. The molecule has 0 aliphatic carbocycles. The standard InChI is InChI=1S/C15H18N4O2/c1-11-17-14(21-18-11)15(2)6-4-8-19(10-15)13(20)12-5-3-7-16-9-12/h3,5,7,9H,4,6,8,10H2,1-2H3. The number of amides is 1. The van der Waals surface area contributed by atoms with Crippen molar-refractivity contribution in [2.24, 2.45) is 0 Å². The van der Waals surface area contributed by atoms with Gasteiger partial charge in [-0.2, -0.15) is 4.98 Å². The first-order valence-electron chi connectivity index (χ1n) is 7.09. The van der Waals surface area contributed by atoms with Gasteiger partial charge in [-0.1, -0.05) is 5.16 Å². The Balaban J connectivity index is 1.81. The van der Waals surface area contributed by atoms with E-state index in [9.17, 15) is 4.79 Å².